The van der Waals surface area contributed by atoms with Crippen LogP contribution in [0.15, 0.2) is 12.1 Å². The molecule has 1 fully saturated rings. The summed E-state index contributed by atoms with van der Waals surface area (Å²) < 4.78 is 39.2. The molecule has 0 radical (unpaired) electrons. The van der Waals surface area contributed by atoms with Crippen molar-refractivity contribution >= 4 is 5.91 Å². The molecule has 0 unspecified atom stereocenters. The fourth-order valence-electron chi connectivity index (χ4n) is 2.30. The van der Waals surface area contributed by atoms with Crippen molar-refractivity contribution in [3.05, 3.63) is 35.1 Å². The first-order valence-corrected chi connectivity index (χ1v) is 6.58. The average Bonchev–Trinajstić information content (AvgIpc) is 2.43. The van der Waals surface area contributed by atoms with Gasteiger partial charge in [0.25, 0.3) is 5.91 Å². The van der Waals surface area contributed by atoms with Crippen LogP contribution in [-0.2, 0) is 0 Å². The van der Waals surface area contributed by atoms with E-state index < -0.39 is 23.4 Å². The molecule has 0 spiro atoms. The number of nitrogens with zero attached hydrogens (tertiary/aromatic N) is 2. The highest BCUT2D eigenvalue weighted by Gasteiger charge is 2.24. The zero-order valence-corrected chi connectivity index (χ0v) is 11.5. The van der Waals surface area contributed by atoms with Gasteiger partial charge in [-0.25, -0.2) is 13.2 Å². The van der Waals surface area contributed by atoms with E-state index in [0.29, 0.717) is 19.1 Å². The van der Waals surface area contributed by atoms with Crippen molar-refractivity contribution in [3.8, 4) is 0 Å². The molecule has 20 heavy (non-hydrogen) atoms. The fraction of sp³-hybridized carbons (Fsp3) is 0.500. The number of amides is 1. The highest BCUT2D eigenvalue weighted by molar-refractivity contribution is 5.94. The zero-order valence-electron chi connectivity index (χ0n) is 11.5. The van der Waals surface area contributed by atoms with Crippen molar-refractivity contribution in [2.24, 2.45) is 0 Å². The number of rotatable bonds is 2. The van der Waals surface area contributed by atoms with Gasteiger partial charge in [0.15, 0.2) is 17.5 Å². The van der Waals surface area contributed by atoms with Gasteiger partial charge in [0, 0.05) is 37.8 Å². The number of carbonyl (C=O) groups is 1. The Morgan fingerprint density at radius 3 is 2.00 bits per heavy atom. The van der Waals surface area contributed by atoms with Gasteiger partial charge in [-0.15, -0.1) is 0 Å². The van der Waals surface area contributed by atoms with Gasteiger partial charge in [0.2, 0.25) is 0 Å². The van der Waals surface area contributed by atoms with Crippen molar-refractivity contribution in [2.75, 3.05) is 26.2 Å². The molecule has 1 heterocycles. The largest absolute Gasteiger partial charge is 0.336 e. The van der Waals surface area contributed by atoms with Crippen LogP contribution < -0.4 is 0 Å². The maximum absolute atomic E-state index is 13.1. The summed E-state index contributed by atoms with van der Waals surface area (Å²) in [5.74, 6) is -4.69. The molecule has 0 saturated carbocycles. The maximum Gasteiger partial charge on any atom is 0.254 e. The highest BCUT2D eigenvalue weighted by atomic mass is 19.2. The summed E-state index contributed by atoms with van der Waals surface area (Å²) in [7, 11) is 0. The van der Waals surface area contributed by atoms with Crippen LogP contribution in [0, 0.1) is 17.5 Å². The second-order valence-electron chi connectivity index (χ2n) is 5.18. The normalized spacial score (nSPS) is 16.8. The molecule has 1 amide bonds. The Hall–Kier alpha value is -1.56. The third-order valence-corrected chi connectivity index (χ3v) is 3.56. The average molecular weight is 286 g/mol. The van der Waals surface area contributed by atoms with E-state index in [9.17, 15) is 18.0 Å². The second kappa shape index (κ2) is 5.83. The minimum absolute atomic E-state index is 0.153. The summed E-state index contributed by atoms with van der Waals surface area (Å²) in [5, 5.41) is 0. The quantitative estimate of drug-likeness (QED) is 0.779. The van der Waals surface area contributed by atoms with Crippen molar-refractivity contribution in [1.29, 1.82) is 0 Å². The van der Waals surface area contributed by atoms with Gasteiger partial charge in [0.1, 0.15) is 0 Å². The lowest BCUT2D eigenvalue weighted by atomic mass is 10.1. The predicted molar refractivity (Wildman–Crippen MR) is 68.9 cm³/mol. The lowest BCUT2D eigenvalue weighted by Gasteiger charge is -2.37. The minimum atomic E-state index is -1.55. The molecule has 0 aromatic heterocycles. The van der Waals surface area contributed by atoms with Crippen LogP contribution in [0.5, 0.6) is 0 Å². The molecule has 110 valence electrons. The molecule has 6 heteroatoms. The number of halogens is 3. The summed E-state index contributed by atoms with van der Waals surface area (Å²) in [4.78, 5) is 15.9. The van der Waals surface area contributed by atoms with Crippen molar-refractivity contribution < 1.29 is 18.0 Å². The Morgan fingerprint density at radius 2 is 1.55 bits per heavy atom. The van der Waals surface area contributed by atoms with Crippen LogP contribution in [0.2, 0.25) is 0 Å². The van der Waals surface area contributed by atoms with E-state index in [1.807, 2.05) is 0 Å². The van der Waals surface area contributed by atoms with E-state index >= 15 is 0 Å². The van der Waals surface area contributed by atoms with Gasteiger partial charge in [-0.05, 0) is 26.0 Å². The third-order valence-electron chi connectivity index (χ3n) is 3.56. The van der Waals surface area contributed by atoms with E-state index in [-0.39, 0.29) is 5.56 Å². The monoisotopic (exact) mass is 286 g/mol. The number of benzene rings is 1. The summed E-state index contributed by atoms with van der Waals surface area (Å²) >= 11 is 0. The van der Waals surface area contributed by atoms with E-state index in [0.717, 1.165) is 25.2 Å². The van der Waals surface area contributed by atoms with Crippen molar-refractivity contribution in [1.82, 2.24) is 9.80 Å². The standard InChI is InChI=1S/C14H17F3N2O/c1-9(2)18-3-5-19(6-4-18)14(20)10-7-11(15)13(17)12(16)8-10/h7-9H,3-6H2,1-2H3. The molecular formula is C14H17F3N2O. The second-order valence-corrected chi connectivity index (χ2v) is 5.18. The van der Waals surface area contributed by atoms with Crippen molar-refractivity contribution in [2.45, 2.75) is 19.9 Å². The Bertz CT molecular complexity index is 488. The van der Waals surface area contributed by atoms with Gasteiger partial charge in [-0.2, -0.15) is 0 Å². The molecule has 1 saturated heterocycles. The molecule has 0 bridgehead atoms. The van der Waals surface area contributed by atoms with E-state index in [2.05, 4.69) is 18.7 Å². The molecular weight excluding hydrogens is 269 g/mol. The van der Waals surface area contributed by atoms with E-state index in [1.54, 1.807) is 0 Å². The number of piperazine rings is 1. The summed E-state index contributed by atoms with van der Waals surface area (Å²) in [6, 6.07) is 1.89. The lowest BCUT2D eigenvalue weighted by molar-refractivity contribution is 0.0594. The first kappa shape index (κ1) is 14.8. The molecule has 0 atom stereocenters. The molecule has 1 aromatic rings. The van der Waals surface area contributed by atoms with Crippen LogP contribution in [0.1, 0.15) is 24.2 Å². The topological polar surface area (TPSA) is 23.6 Å². The smallest absolute Gasteiger partial charge is 0.254 e. The SMILES string of the molecule is CC(C)N1CCN(C(=O)c2cc(F)c(F)c(F)c2)CC1. The van der Waals surface area contributed by atoms with Gasteiger partial charge in [0.05, 0.1) is 0 Å². The van der Waals surface area contributed by atoms with E-state index in [4.69, 9.17) is 0 Å². The molecule has 3 nitrogen and oxygen atoms in total. The molecule has 1 aliphatic rings. The van der Waals surface area contributed by atoms with Crippen molar-refractivity contribution in [3.63, 3.8) is 0 Å². The summed E-state index contributed by atoms with van der Waals surface area (Å²) in [5.41, 5.74) is -0.153. The minimum Gasteiger partial charge on any atom is -0.336 e. The van der Waals surface area contributed by atoms with Gasteiger partial charge in [-0.1, -0.05) is 0 Å². The Kier molecular flexibility index (Phi) is 4.32. The Labute approximate surface area is 116 Å². The summed E-state index contributed by atoms with van der Waals surface area (Å²) in [6.45, 7) is 6.57. The highest BCUT2D eigenvalue weighted by Crippen LogP contribution is 2.16. The van der Waals surface area contributed by atoms with E-state index in [1.165, 1.54) is 4.90 Å². The summed E-state index contributed by atoms with van der Waals surface area (Å²) in [6.07, 6.45) is 0. The maximum atomic E-state index is 13.1. The molecule has 0 N–H and O–H groups in total. The van der Waals surface area contributed by atoms with Crippen LogP contribution in [0.25, 0.3) is 0 Å². The van der Waals surface area contributed by atoms with Crippen LogP contribution in [-0.4, -0.2) is 47.9 Å². The van der Waals surface area contributed by atoms with Gasteiger partial charge in [-0.3, -0.25) is 9.69 Å². The zero-order chi connectivity index (χ0) is 14.9. The molecule has 1 aromatic carbocycles. The fourth-order valence-corrected chi connectivity index (χ4v) is 2.30. The first-order chi connectivity index (χ1) is 9.40. The van der Waals surface area contributed by atoms with Crippen LogP contribution in [0.3, 0.4) is 0 Å². The molecule has 2 rings (SSSR count). The van der Waals surface area contributed by atoms with Crippen LogP contribution in [0.4, 0.5) is 13.2 Å². The predicted octanol–water partition coefficient (Wildman–Crippen LogP) is 2.27. The van der Waals surface area contributed by atoms with Gasteiger partial charge >= 0.3 is 0 Å². The third kappa shape index (κ3) is 2.95. The number of carbonyl (C=O) groups excluding carboxylic acids is 1. The lowest BCUT2D eigenvalue weighted by Crippen LogP contribution is -2.50. The number of hydrogen-bond donors (Lipinski definition) is 0. The Morgan fingerprint density at radius 1 is 1.05 bits per heavy atom. The number of hydrogen-bond acceptors (Lipinski definition) is 2. The molecule has 1 aliphatic heterocycles. The molecule has 0 aliphatic carbocycles. The van der Waals surface area contributed by atoms with Gasteiger partial charge < -0.3 is 4.90 Å². The Balaban J connectivity index is 2.09. The van der Waals surface area contributed by atoms with Crippen LogP contribution >= 0.6 is 0 Å². The first-order valence-electron chi connectivity index (χ1n) is 6.58.